The van der Waals surface area contributed by atoms with E-state index in [0.717, 1.165) is 18.0 Å². The summed E-state index contributed by atoms with van der Waals surface area (Å²) in [4.78, 5) is 11.1. The molecule has 0 amide bonds. The van der Waals surface area contributed by atoms with Crippen LogP contribution < -0.4 is 0 Å². The average molecular weight is 204 g/mol. The summed E-state index contributed by atoms with van der Waals surface area (Å²) in [6.07, 6.45) is -1.64. The molecule has 0 unspecified atom stereocenters. The number of hydrogen-bond acceptors (Lipinski definition) is 3. The molecule has 0 aliphatic rings. The molecule has 0 atom stereocenters. The summed E-state index contributed by atoms with van der Waals surface area (Å²) in [5, 5.41) is 3.66. The van der Waals surface area contributed by atoms with Crippen molar-refractivity contribution in [1.82, 2.24) is 9.78 Å². The smallest absolute Gasteiger partial charge is 0.341 e. The van der Waals surface area contributed by atoms with Gasteiger partial charge in [-0.05, 0) is 6.92 Å². The van der Waals surface area contributed by atoms with E-state index < -0.39 is 12.4 Å². The number of hydrogen-bond donors (Lipinski definition) is 0. The fourth-order valence-corrected chi connectivity index (χ4v) is 1.14. The van der Waals surface area contributed by atoms with Gasteiger partial charge in [0, 0.05) is 6.54 Å². The molecule has 0 aromatic carbocycles. The molecule has 4 nitrogen and oxygen atoms in total. The van der Waals surface area contributed by atoms with Crippen molar-refractivity contribution >= 4 is 5.97 Å². The third-order valence-corrected chi connectivity index (χ3v) is 1.79. The fourth-order valence-electron chi connectivity index (χ4n) is 1.14. The normalized spacial score (nSPS) is 10.6. The summed E-state index contributed by atoms with van der Waals surface area (Å²) in [6, 6.07) is 0. The second kappa shape index (κ2) is 4.17. The van der Waals surface area contributed by atoms with Crippen LogP contribution in [0.3, 0.4) is 0 Å². The maximum atomic E-state index is 12.5. The molecule has 0 fully saturated rings. The molecule has 0 aliphatic heterocycles. The zero-order valence-electron chi connectivity index (χ0n) is 7.83. The van der Waals surface area contributed by atoms with Gasteiger partial charge in [-0.2, -0.15) is 5.10 Å². The molecule has 0 aliphatic carbocycles. The van der Waals surface area contributed by atoms with Crippen LogP contribution in [0.15, 0.2) is 6.20 Å². The molecule has 1 heterocycles. The highest BCUT2D eigenvalue weighted by Gasteiger charge is 2.24. The van der Waals surface area contributed by atoms with E-state index in [0.29, 0.717) is 0 Å². The topological polar surface area (TPSA) is 44.1 Å². The minimum absolute atomic E-state index is 0.177. The molecule has 1 rings (SSSR count). The van der Waals surface area contributed by atoms with E-state index in [1.165, 1.54) is 0 Å². The Morgan fingerprint density at radius 3 is 2.79 bits per heavy atom. The van der Waals surface area contributed by atoms with Crippen LogP contribution in [-0.4, -0.2) is 22.9 Å². The zero-order chi connectivity index (χ0) is 10.7. The quantitative estimate of drug-likeness (QED) is 0.703. The van der Waals surface area contributed by atoms with Gasteiger partial charge in [-0.3, -0.25) is 4.68 Å². The largest absolute Gasteiger partial charge is 0.465 e. The van der Waals surface area contributed by atoms with Gasteiger partial charge < -0.3 is 4.74 Å². The summed E-state index contributed by atoms with van der Waals surface area (Å²) in [5.41, 5.74) is -0.566. The van der Waals surface area contributed by atoms with Crippen LogP contribution in [0.25, 0.3) is 0 Å². The number of esters is 1. The number of nitrogens with zero attached hydrogens (tertiary/aromatic N) is 2. The Morgan fingerprint density at radius 2 is 2.36 bits per heavy atom. The van der Waals surface area contributed by atoms with E-state index in [4.69, 9.17) is 0 Å². The molecule has 0 saturated carbocycles. The Morgan fingerprint density at radius 1 is 1.71 bits per heavy atom. The molecule has 0 bridgehead atoms. The molecule has 78 valence electrons. The van der Waals surface area contributed by atoms with Crippen molar-refractivity contribution in [2.45, 2.75) is 19.9 Å². The van der Waals surface area contributed by atoms with Gasteiger partial charge in [0.2, 0.25) is 0 Å². The van der Waals surface area contributed by atoms with Crippen molar-refractivity contribution in [2.75, 3.05) is 7.11 Å². The highest BCUT2D eigenvalue weighted by Crippen LogP contribution is 2.23. The Hall–Kier alpha value is -1.46. The van der Waals surface area contributed by atoms with Gasteiger partial charge in [-0.1, -0.05) is 0 Å². The first-order chi connectivity index (χ1) is 6.61. The number of halogens is 2. The van der Waals surface area contributed by atoms with Crippen LogP contribution in [-0.2, 0) is 11.3 Å². The highest BCUT2D eigenvalue weighted by molar-refractivity contribution is 5.90. The maximum Gasteiger partial charge on any atom is 0.341 e. The standard InChI is InChI=1S/C8H10F2N2O2/c1-3-12-6(7(9)10)5(4-11-12)8(13)14-2/h4,7H,3H2,1-2H3. The molecule has 0 saturated heterocycles. The lowest BCUT2D eigenvalue weighted by Crippen LogP contribution is -2.08. The predicted molar refractivity (Wildman–Crippen MR) is 44.2 cm³/mol. The van der Waals surface area contributed by atoms with Crippen molar-refractivity contribution in [3.63, 3.8) is 0 Å². The maximum absolute atomic E-state index is 12.5. The molecular weight excluding hydrogens is 194 g/mol. The molecule has 14 heavy (non-hydrogen) atoms. The number of ether oxygens (including phenoxy) is 1. The summed E-state index contributed by atoms with van der Waals surface area (Å²) < 4.78 is 30.5. The monoisotopic (exact) mass is 204 g/mol. The summed E-state index contributed by atoms with van der Waals surface area (Å²) in [6.45, 7) is 1.95. The van der Waals surface area contributed by atoms with Crippen molar-refractivity contribution in [3.05, 3.63) is 17.5 Å². The van der Waals surface area contributed by atoms with Crippen molar-refractivity contribution in [3.8, 4) is 0 Å². The predicted octanol–water partition coefficient (Wildman–Crippen LogP) is 1.63. The van der Waals surface area contributed by atoms with Gasteiger partial charge in [0.05, 0.1) is 13.3 Å². The van der Waals surface area contributed by atoms with Gasteiger partial charge in [0.15, 0.2) is 0 Å². The third kappa shape index (κ3) is 1.73. The number of aryl methyl sites for hydroxylation is 1. The summed E-state index contributed by atoms with van der Waals surface area (Å²) in [7, 11) is 1.14. The van der Waals surface area contributed by atoms with Crippen molar-refractivity contribution in [1.29, 1.82) is 0 Å². The Labute approximate surface area is 79.5 Å². The lowest BCUT2D eigenvalue weighted by molar-refractivity contribution is 0.0587. The minimum atomic E-state index is -2.73. The lowest BCUT2D eigenvalue weighted by atomic mass is 10.2. The summed E-state index contributed by atoms with van der Waals surface area (Å²) >= 11 is 0. The Balaban J connectivity index is 3.17. The summed E-state index contributed by atoms with van der Waals surface area (Å²) in [5.74, 6) is -0.792. The number of carbonyl (C=O) groups excluding carboxylic acids is 1. The van der Waals surface area contributed by atoms with Crippen LogP contribution in [0.5, 0.6) is 0 Å². The van der Waals surface area contributed by atoms with E-state index >= 15 is 0 Å². The SMILES string of the molecule is CCn1ncc(C(=O)OC)c1C(F)F. The molecule has 1 aromatic heterocycles. The van der Waals surface area contributed by atoms with E-state index in [2.05, 4.69) is 9.84 Å². The Bertz CT molecular complexity index is 336. The van der Waals surface area contributed by atoms with Crippen LogP contribution in [0, 0.1) is 0 Å². The second-order valence-corrected chi connectivity index (χ2v) is 2.55. The molecule has 0 N–H and O–H groups in total. The van der Waals surface area contributed by atoms with E-state index in [1.54, 1.807) is 6.92 Å². The van der Waals surface area contributed by atoms with Crippen molar-refractivity contribution < 1.29 is 18.3 Å². The van der Waals surface area contributed by atoms with Gasteiger partial charge in [0.1, 0.15) is 11.3 Å². The Kier molecular flexibility index (Phi) is 3.16. The number of alkyl halides is 2. The number of carbonyl (C=O) groups is 1. The number of aromatic nitrogens is 2. The first kappa shape index (κ1) is 10.6. The average Bonchev–Trinajstić information content (AvgIpc) is 2.59. The van der Waals surface area contributed by atoms with Crippen molar-refractivity contribution in [2.24, 2.45) is 0 Å². The number of rotatable bonds is 3. The van der Waals surface area contributed by atoms with E-state index in [-0.39, 0.29) is 17.8 Å². The third-order valence-electron chi connectivity index (χ3n) is 1.79. The van der Waals surface area contributed by atoms with Gasteiger partial charge in [-0.25, -0.2) is 13.6 Å². The molecule has 1 aromatic rings. The van der Waals surface area contributed by atoms with Gasteiger partial charge in [0.25, 0.3) is 6.43 Å². The van der Waals surface area contributed by atoms with Gasteiger partial charge >= 0.3 is 5.97 Å². The molecule has 0 radical (unpaired) electrons. The lowest BCUT2D eigenvalue weighted by Gasteiger charge is -2.04. The molecular formula is C8H10F2N2O2. The van der Waals surface area contributed by atoms with E-state index in [9.17, 15) is 13.6 Å². The van der Waals surface area contributed by atoms with Crippen LogP contribution in [0.2, 0.25) is 0 Å². The number of methoxy groups -OCH3 is 1. The van der Waals surface area contributed by atoms with Crippen LogP contribution in [0.1, 0.15) is 29.4 Å². The highest BCUT2D eigenvalue weighted by atomic mass is 19.3. The van der Waals surface area contributed by atoms with E-state index in [1.807, 2.05) is 0 Å². The molecule has 0 spiro atoms. The molecule has 6 heteroatoms. The fraction of sp³-hybridized carbons (Fsp3) is 0.500. The minimum Gasteiger partial charge on any atom is -0.465 e. The first-order valence-corrected chi connectivity index (χ1v) is 4.04. The van der Waals surface area contributed by atoms with Crippen LogP contribution in [0.4, 0.5) is 8.78 Å². The van der Waals surface area contributed by atoms with Crippen LogP contribution >= 0.6 is 0 Å². The van der Waals surface area contributed by atoms with Gasteiger partial charge in [-0.15, -0.1) is 0 Å². The zero-order valence-corrected chi connectivity index (χ0v) is 7.83. The first-order valence-electron chi connectivity index (χ1n) is 4.04. The second-order valence-electron chi connectivity index (χ2n) is 2.55.